The maximum atomic E-state index is 12.6. The minimum atomic E-state index is -0.0596. The van der Waals surface area contributed by atoms with Gasteiger partial charge in [0.1, 0.15) is 18.2 Å². The van der Waals surface area contributed by atoms with Crippen LogP contribution in [0.2, 0.25) is 0 Å². The summed E-state index contributed by atoms with van der Waals surface area (Å²) >= 11 is 0. The van der Waals surface area contributed by atoms with Crippen LogP contribution in [0.3, 0.4) is 0 Å². The van der Waals surface area contributed by atoms with Crippen molar-refractivity contribution in [2.75, 3.05) is 18.5 Å². The van der Waals surface area contributed by atoms with Crippen LogP contribution in [-0.2, 0) is 17.8 Å². The standard InChI is InChI=1S/C28H26N6O2/c35-28(30-15-16-36-23-8-2-1-3-9-23)17-22-20-34(25-11-5-4-10-24(22)25)27-13-12-26(32-33-27)31-19-21-7-6-14-29-18-21/h1-14,18,20H,15-17,19H2,(H,30,35)(H,31,32). The molecule has 0 aliphatic heterocycles. The molecule has 2 N–H and O–H groups in total. The first-order valence-electron chi connectivity index (χ1n) is 11.8. The number of anilines is 1. The van der Waals surface area contributed by atoms with Crippen LogP contribution in [0.4, 0.5) is 5.82 Å². The minimum absolute atomic E-state index is 0.0596. The van der Waals surface area contributed by atoms with Crippen LogP contribution in [0.5, 0.6) is 5.75 Å². The highest BCUT2D eigenvalue weighted by Crippen LogP contribution is 2.24. The lowest BCUT2D eigenvalue weighted by atomic mass is 10.1. The van der Waals surface area contributed by atoms with E-state index in [2.05, 4.69) is 25.8 Å². The second kappa shape index (κ2) is 11.1. The van der Waals surface area contributed by atoms with E-state index < -0.39 is 0 Å². The Balaban J connectivity index is 1.23. The van der Waals surface area contributed by atoms with Crippen LogP contribution in [0, 0.1) is 0 Å². The molecule has 5 rings (SSSR count). The Kier molecular flexibility index (Phi) is 7.13. The Morgan fingerprint density at radius 2 is 1.78 bits per heavy atom. The lowest BCUT2D eigenvalue weighted by Crippen LogP contribution is -2.29. The summed E-state index contributed by atoms with van der Waals surface area (Å²) in [5.41, 5.74) is 2.96. The Hall–Kier alpha value is -4.72. The molecule has 5 aromatic rings. The Labute approximate surface area is 209 Å². The van der Waals surface area contributed by atoms with Crippen molar-refractivity contribution in [2.24, 2.45) is 0 Å². The fraction of sp³-hybridized carbons (Fsp3) is 0.143. The zero-order valence-corrected chi connectivity index (χ0v) is 19.7. The van der Waals surface area contributed by atoms with E-state index in [1.54, 1.807) is 6.20 Å². The summed E-state index contributed by atoms with van der Waals surface area (Å²) in [7, 11) is 0. The summed E-state index contributed by atoms with van der Waals surface area (Å²) in [5, 5.41) is 15.9. The van der Waals surface area contributed by atoms with E-state index in [0.717, 1.165) is 27.8 Å². The highest BCUT2D eigenvalue weighted by Gasteiger charge is 2.14. The number of fused-ring (bicyclic) bond motifs is 1. The summed E-state index contributed by atoms with van der Waals surface area (Å²) in [6.45, 7) is 1.46. The predicted molar refractivity (Wildman–Crippen MR) is 139 cm³/mol. The second-order valence-corrected chi connectivity index (χ2v) is 8.22. The minimum Gasteiger partial charge on any atom is -0.492 e. The molecule has 0 radical (unpaired) electrons. The molecule has 0 saturated carbocycles. The number of nitrogens with one attached hydrogen (secondary N) is 2. The fourth-order valence-corrected chi connectivity index (χ4v) is 3.94. The molecule has 0 aliphatic rings. The van der Waals surface area contributed by atoms with Gasteiger partial charge in [0, 0.05) is 30.5 Å². The average molecular weight is 479 g/mol. The molecule has 0 unspecified atom stereocenters. The number of pyridine rings is 1. The zero-order chi connectivity index (χ0) is 24.6. The van der Waals surface area contributed by atoms with Crippen molar-refractivity contribution in [3.05, 3.63) is 109 Å². The van der Waals surface area contributed by atoms with Crippen molar-refractivity contribution in [3.63, 3.8) is 0 Å². The third-order valence-corrected chi connectivity index (χ3v) is 5.68. The van der Waals surface area contributed by atoms with E-state index in [9.17, 15) is 4.79 Å². The lowest BCUT2D eigenvalue weighted by molar-refractivity contribution is -0.120. The summed E-state index contributed by atoms with van der Waals surface area (Å²) in [6.07, 6.45) is 5.78. The van der Waals surface area contributed by atoms with E-state index in [1.807, 2.05) is 95.8 Å². The molecule has 0 fully saturated rings. The number of para-hydroxylation sites is 2. The maximum Gasteiger partial charge on any atom is 0.224 e. The van der Waals surface area contributed by atoms with Crippen LogP contribution in [0.25, 0.3) is 16.7 Å². The predicted octanol–water partition coefficient (Wildman–Crippen LogP) is 4.17. The molecular weight excluding hydrogens is 452 g/mol. The van der Waals surface area contributed by atoms with Gasteiger partial charge in [-0.2, -0.15) is 0 Å². The van der Waals surface area contributed by atoms with Crippen molar-refractivity contribution in [1.82, 2.24) is 25.1 Å². The van der Waals surface area contributed by atoms with Crippen LogP contribution in [0.1, 0.15) is 11.1 Å². The van der Waals surface area contributed by atoms with Gasteiger partial charge in [0.2, 0.25) is 5.91 Å². The number of benzene rings is 2. The zero-order valence-electron chi connectivity index (χ0n) is 19.7. The first-order chi connectivity index (χ1) is 17.8. The molecule has 3 aromatic heterocycles. The first kappa shape index (κ1) is 23.0. The van der Waals surface area contributed by atoms with Gasteiger partial charge in [0.15, 0.2) is 5.82 Å². The van der Waals surface area contributed by atoms with E-state index in [-0.39, 0.29) is 12.3 Å². The quantitative estimate of drug-likeness (QED) is 0.293. The molecule has 0 saturated heterocycles. The van der Waals surface area contributed by atoms with Crippen LogP contribution in [-0.4, -0.2) is 38.8 Å². The average Bonchev–Trinajstić information content (AvgIpc) is 3.29. The number of hydrogen-bond donors (Lipinski definition) is 2. The van der Waals surface area contributed by atoms with E-state index in [0.29, 0.717) is 31.3 Å². The highest BCUT2D eigenvalue weighted by atomic mass is 16.5. The molecule has 0 bridgehead atoms. The number of nitrogens with zero attached hydrogens (tertiary/aromatic N) is 4. The van der Waals surface area contributed by atoms with Gasteiger partial charge in [-0.25, -0.2) is 0 Å². The molecule has 36 heavy (non-hydrogen) atoms. The number of rotatable bonds is 10. The van der Waals surface area contributed by atoms with Crippen molar-refractivity contribution in [3.8, 4) is 11.6 Å². The van der Waals surface area contributed by atoms with Gasteiger partial charge in [-0.05, 0) is 47.5 Å². The lowest BCUT2D eigenvalue weighted by Gasteiger charge is -2.07. The second-order valence-electron chi connectivity index (χ2n) is 8.22. The molecule has 8 nitrogen and oxygen atoms in total. The summed E-state index contributed by atoms with van der Waals surface area (Å²) in [6, 6.07) is 25.2. The van der Waals surface area contributed by atoms with Gasteiger partial charge in [0.25, 0.3) is 0 Å². The Morgan fingerprint density at radius 3 is 2.58 bits per heavy atom. The summed E-state index contributed by atoms with van der Waals surface area (Å²) < 4.78 is 7.62. The maximum absolute atomic E-state index is 12.6. The van der Waals surface area contributed by atoms with Crippen LogP contribution >= 0.6 is 0 Å². The van der Waals surface area contributed by atoms with Crippen LogP contribution in [0.15, 0.2) is 97.5 Å². The molecule has 2 aromatic carbocycles. The molecule has 1 amide bonds. The third kappa shape index (κ3) is 5.67. The number of hydrogen-bond acceptors (Lipinski definition) is 6. The molecule has 0 spiro atoms. The molecule has 0 atom stereocenters. The van der Waals surface area contributed by atoms with Crippen molar-refractivity contribution >= 4 is 22.6 Å². The number of aromatic nitrogens is 4. The third-order valence-electron chi connectivity index (χ3n) is 5.68. The summed E-state index contributed by atoms with van der Waals surface area (Å²) in [4.78, 5) is 16.8. The molecule has 3 heterocycles. The molecule has 8 heteroatoms. The highest BCUT2D eigenvalue weighted by molar-refractivity contribution is 5.90. The number of carbonyl (C=O) groups is 1. The first-order valence-corrected chi connectivity index (χ1v) is 11.8. The van der Waals surface area contributed by atoms with Gasteiger partial charge < -0.3 is 15.4 Å². The molecule has 180 valence electrons. The van der Waals surface area contributed by atoms with Gasteiger partial charge in [0.05, 0.1) is 18.5 Å². The number of ether oxygens (including phenoxy) is 1. The van der Waals surface area contributed by atoms with Crippen LogP contribution < -0.4 is 15.4 Å². The largest absolute Gasteiger partial charge is 0.492 e. The van der Waals surface area contributed by atoms with Crippen molar-refractivity contribution in [2.45, 2.75) is 13.0 Å². The molecular formula is C28H26N6O2. The van der Waals surface area contributed by atoms with E-state index in [4.69, 9.17) is 4.74 Å². The van der Waals surface area contributed by atoms with Crippen molar-refractivity contribution in [1.29, 1.82) is 0 Å². The van der Waals surface area contributed by atoms with E-state index in [1.165, 1.54) is 0 Å². The normalized spacial score (nSPS) is 10.8. The van der Waals surface area contributed by atoms with Gasteiger partial charge >= 0.3 is 0 Å². The van der Waals surface area contributed by atoms with Gasteiger partial charge in [-0.3, -0.25) is 14.3 Å². The van der Waals surface area contributed by atoms with Crippen molar-refractivity contribution < 1.29 is 9.53 Å². The molecule has 0 aliphatic carbocycles. The Morgan fingerprint density at radius 1 is 0.917 bits per heavy atom. The topological polar surface area (TPSA) is 94.0 Å². The number of carbonyl (C=O) groups excluding carboxylic acids is 1. The van der Waals surface area contributed by atoms with Gasteiger partial charge in [-0.15, -0.1) is 10.2 Å². The Bertz CT molecular complexity index is 1420. The monoisotopic (exact) mass is 478 g/mol. The smallest absolute Gasteiger partial charge is 0.224 e. The number of amides is 1. The van der Waals surface area contributed by atoms with Gasteiger partial charge in [-0.1, -0.05) is 42.5 Å². The SMILES string of the molecule is O=C(Cc1cn(-c2ccc(NCc3cccnc3)nn2)c2ccccc12)NCCOc1ccccc1. The van der Waals surface area contributed by atoms with E-state index >= 15 is 0 Å². The fourth-order valence-electron chi connectivity index (χ4n) is 3.94. The summed E-state index contributed by atoms with van der Waals surface area (Å²) in [5.74, 6) is 2.09.